The summed E-state index contributed by atoms with van der Waals surface area (Å²) in [6.07, 6.45) is 1.79. The van der Waals surface area contributed by atoms with Crippen molar-refractivity contribution < 1.29 is 9.59 Å². The monoisotopic (exact) mass is 396 g/mol. The molecule has 0 atom stereocenters. The van der Waals surface area contributed by atoms with Crippen LogP contribution >= 0.6 is 11.3 Å². The minimum Gasteiger partial charge on any atom is -0.363 e. The first kappa shape index (κ1) is 18.7. The topological polar surface area (TPSA) is 56.8 Å². The highest BCUT2D eigenvalue weighted by molar-refractivity contribution is 7.11. The van der Waals surface area contributed by atoms with Crippen LogP contribution in [0.4, 0.5) is 5.82 Å². The zero-order valence-corrected chi connectivity index (χ0v) is 17.0. The zero-order chi connectivity index (χ0) is 19.7. The molecule has 0 aromatic carbocycles. The largest absolute Gasteiger partial charge is 0.363 e. The number of hydrogen-bond acceptors (Lipinski definition) is 6. The fraction of sp³-hybridized carbons (Fsp3) is 0.381. The van der Waals surface area contributed by atoms with E-state index in [1.165, 1.54) is 16.2 Å². The van der Waals surface area contributed by atoms with E-state index in [0.717, 1.165) is 23.8 Å². The number of pyridine rings is 1. The molecule has 28 heavy (non-hydrogen) atoms. The Morgan fingerprint density at radius 1 is 1.00 bits per heavy atom. The number of rotatable bonds is 5. The van der Waals surface area contributed by atoms with Crippen LogP contribution in [0.15, 0.2) is 47.6 Å². The molecule has 0 unspecified atom stereocenters. The first-order valence-corrected chi connectivity index (χ1v) is 10.5. The third-order valence-corrected chi connectivity index (χ3v) is 5.92. The average molecular weight is 397 g/mol. The van der Waals surface area contributed by atoms with Crippen molar-refractivity contribution in [3.05, 3.63) is 52.5 Å². The van der Waals surface area contributed by atoms with E-state index in [1.54, 1.807) is 6.20 Å². The minimum absolute atomic E-state index is 0.159. The number of anilines is 1. The number of aromatic nitrogens is 1. The number of amides is 2. The quantitative estimate of drug-likeness (QED) is 0.728. The number of imide groups is 1. The summed E-state index contributed by atoms with van der Waals surface area (Å²) in [6.45, 7) is 7.41. The van der Waals surface area contributed by atoms with E-state index in [9.17, 15) is 9.59 Å². The van der Waals surface area contributed by atoms with E-state index in [0.29, 0.717) is 30.9 Å². The van der Waals surface area contributed by atoms with Crippen molar-refractivity contribution in [3.63, 3.8) is 0 Å². The van der Waals surface area contributed by atoms with Gasteiger partial charge < -0.3 is 9.80 Å². The highest BCUT2D eigenvalue weighted by atomic mass is 32.1. The van der Waals surface area contributed by atoms with E-state index < -0.39 is 0 Å². The Morgan fingerprint density at radius 2 is 1.75 bits per heavy atom. The van der Waals surface area contributed by atoms with Crippen molar-refractivity contribution in [3.8, 4) is 0 Å². The van der Waals surface area contributed by atoms with Crippen LogP contribution in [0.1, 0.15) is 18.7 Å². The van der Waals surface area contributed by atoms with Crippen LogP contribution in [-0.4, -0.2) is 59.3 Å². The highest BCUT2D eigenvalue weighted by Crippen LogP contribution is 2.34. The maximum atomic E-state index is 13.2. The number of carbonyl (C=O) groups excluding carboxylic acids is 2. The Morgan fingerprint density at radius 3 is 2.36 bits per heavy atom. The van der Waals surface area contributed by atoms with Gasteiger partial charge in [-0.2, -0.15) is 0 Å². The minimum atomic E-state index is -0.164. The summed E-state index contributed by atoms with van der Waals surface area (Å²) in [7, 11) is 0. The second-order valence-corrected chi connectivity index (χ2v) is 8.43. The number of nitrogens with zero attached hydrogens (tertiary/aromatic N) is 4. The lowest BCUT2D eigenvalue weighted by atomic mass is 10.1. The van der Waals surface area contributed by atoms with E-state index >= 15 is 0 Å². The summed E-state index contributed by atoms with van der Waals surface area (Å²) < 4.78 is 0. The molecule has 0 saturated carbocycles. The summed E-state index contributed by atoms with van der Waals surface area (Å²) in [5.41, 5.74) is 1.13. The lowest BCUT2D eigenvalue weighted by molar-refractivity contribution is -0.138. The summed E-state index contributed by atoms with van der Waals surface area (Å²) in [5, 5.41) is 1.95. The fourth-order valence-electron chi connectivity index (χ4n) is 3.73. The van der Waals surface area contributed by atoms with Crippen LogP contribution in [0.3, 0.4) is 0 Å². The molecule has 0 spiro atoms. The molecule has 4 rings (SSSR count). The fourth-order valence-corrected chi connectivity index (χ4v) is 4.49. The van der Waals surface area contributed by atoms with Crippen molar-refractivity contribution in [1.29, 1.82) is 0 Å². The molecule has 2 aromatic rings. The Kier molecular flexibility index (Phi) is 5.17. The Hall–Kier alpha value is -2.67. The summed E-state index contributed by atoms with van der Waals surface area (Å²) in [4.78, 5) is 37.3. The molecule has 0 radical (unpaired) electrons. The van der Waals surface area contributed by atoms with E-state index in [4.69, 9.17) is 0 Å². The van der Waals surface area contributed by atoms with Crippen molar-refractivity contribution in [2.75, 3.05) is 37.6 Å². The standard InChI is InChI=1S/C21H24N4O2S/c1-15(2)14-25-20(26)18(16-6-5-13-28-16)19(21(25)27)24-11-9-23(10-12-24)17-7-3-4-8-22-17/h3-8,13,15H,9-12,14H2,1-2H3. The molecular formula is C21H24N4O2S. The van der Waals surface area contributed by atoms with Crippen LogP contribution in [0.5, 0.6) is 0 Å². The summed E-state index contributed by atoms with van der Waals surface area (Å²) in [5.74, 6) is 0.861. The number of thiophene rings is 1. The van der Waals surface area contributed by atoms with Crippen molar-refractivity contribution in [2.45, 2.75) is 13.8 Å². The lowest BCUT2D eigenvalue weighted by Gasteiger charge is -2.37. The predicted molar refractivity (Wildman–Crippen MR) is 111 cm³/mol. The maximum Gasteiger partial charge on any atom is 0.277 e. The van der Waals surface area contributed by atoms with E-state index in [1.807, 2.05) is 49.6 Å². The van der Waals surface area contributed by atoms with Crippen LogP contribution in [0.25, 0.3) is 5.57 Å². The van der Waals surface area contributed by atoms with Gasteiger partial charge in [-0.15, -0.1) is 11.3 Å². The third-order valence-electron chi connectivity index (χ3n) is 5.03. The van der Waals surface area contributed by atoms with Gasteiger partial charge in [-0.05, 0) is 29.5 Å². The number of hydrogen-bond donors (Lipinski definition) is 0. The maximum absolute atomic E-state index is 13.2. The second-order valence-electron chi connectivity index (χ2n) is 7.48. The van der Waals surface area contributed by atoms with Crippen LogP contribution in [0, 0.1) is 5.92 Å². The average Bonchev–Trinajstić information content (AvgIpc) is 3.31. The molecule has 1 saturated heterocycles. The van der Waals surface area contributed by atoms with Gasteiger partial charge in [0.1, 0.15) is 11.5 Å². The Bertz CT molecular complexity index is 884. The molecule has 4 heterocycles. The third kappa shape index (κ3) is 3.42. The van der Waals surface area contributed by atoms with Gasteiger partial charge in [0.15, 0.2) is 0 Å². The lowest BCUT2D eigenvalue weighted by Crippen LogP contribution is -2.48. The molecule has 7 heteroatoms. The predicted octanol–water partition coefficient (Wildman–Crippen LogP) is 2.70. The van der Waals surface area contributed by atoms with Crippen molar-refractivity contribution >= 4 is 34.5 Å². The smallest absolute Gasteiger partial charge is 0.277 e. The Balaban J connectivity index is 1.60. The van der Waals surface area contributed by atoms with Gasteiger partial charge in [0.2, 0.25) is 0 Å². The van der Waals surface area contributed by atoms with Gasteiger partial charge in [-0.3, -0.25) is 14.5 Å². The van der Waals surface area contributed by atoms with Crippen molar-refractivity contribution in [2.24, 2.45) is 5.92 Å². The molecule has 2 aliphatic heterocycles. The zero-order valence-electron chi connectivity index (χ0n) is 16.2. The highest BCUT2D eigenvalue weighted by Gasteiger charge is 2.42. The summed E-state index contributed by atoms with van der Waals surface area (Å²) >= 11 is 1.51. The molecule has 2 aliphatic rings. The van der Waals surface area contributed by atoms with Crippen molar-refractivity contribution in [1.82, 2.24) is 14.8 Å². The molecule has 2 aromatic heterocycles. The van der Waals surface area contributed by atoms with Gasteiger partial charge >= 0.3 is 0 Å². The second kappa shape index (κ2) is 7.75. The van der Waals surface area contributed by atoms with E-state index in [2.05, 4.69) is 14.8 Å². The summed E-state index contributed by atoms with van der Waals surface area (Å²) in [6, 6.07) is 9.74. The molecule has 1 fully saturated rings. The molecular weight excluding hydrogens is 372 g/mol. The van der Waals surface area contributed by atoms with Crippen LogP contribution in [0.2, 0.25) is 0 Å². The molecule has 2 amide bonds. The molecule has 6 nitrogen and oxygen atoms in total. The molecule has 146 valence electrons. The Labute approximate surface area is 169 Å². The molecule has 0 aliphatic carbocycles. The first-order chi connectivity index (χ1) is 13.6. The SMILES string of the molecule is CC(C)CN1C(=O)C(c2cccs2)=C(N2CCN(c3ccccn3)CC2)C1=O. The first-order valence-electron chi connectivity index (χ1n) is 9.61. The van der Waals surface area contributed by atoms with Gasteiger partial charge in [0.05, 0.1) is 5.57 Å². The van der Waals surface area contributed by atoms with Gasteiger partial charge in [0.25, 0.3) is 11.8 Å². The molecule has 0 N–H and O–H groups in total. The number of carbonyl (C=O) groups is 2. The van der Waals surface area contributed by atoms with Gasteiger partial charge in [-0.1, -0.05) is 26.0 Å². The van der Waals surface area contributed by atoms with Crippen LogP contribution < -0.4 is 4.90 Å². The molecule has 0 bridgehead atoms. The van der Waals surface area contributed by atoms with E-state index in [-0.39, 0.29) is 17.7 Å². The number of piperazine rings is 1. The normalized spacial score (nSPS) is 18.0. The van der Waals surface area contributed by atoms with Crippen LogP contribution in [-0.2, 0) is 9.59 Å². The van der Waals surface area contributed by atoms with Gasteiger partial charge in [-0.25, -0.2) is 4.98 Å². The van der Waals surface area contributed by atoms with Gasteiger partial charge in [0, 0.05) is 43.8 Å².